The van der Waals surface area contributed by atoms with Gasteiger partial charge in [0.2, 0.25) is 5.91 Å². The molecule has 0 spiro atoms. The highest BCUT2D eigenvalue weighted by molar-refractivity contribution is 6.30. The number of rotatable bonds is 4. The van der Waals surface area contributed by atoms with Crippen LogP contribution in [0.3, 0.4) is 0 Å². The smallest absolute Gasteiger partial charge is 0.249 e. The van der Waals surface area contributed by atoms with Crippen LogP contribution in [0.2, 0.25) is 5.02 Å². The zero-order valence-corrected chi connectivity index (χ0v) is 17.2. The van der Waals surface area contributed by atoms with E-state index in [9.17, 15) is 9.18 Å². The SMILES string of the molecule is NC(=O)c1cccc2c1c1[c]cc(-c3ccc(Cl)cc3)cc1n2Cc1ccc(F)cc1. The number of carbonyl (C=O) groups excluding carboxylic acids is 1. The summed E-state index contributed by atoms with van der Waals surface area (Å²) in [4.78, 5) is 12.1. The van der Waals surface area contributed by atoms with Gasteiger partial charge in [-0.2, -0.15) is 0 Å². The lowest BCUT2D eigenvalue weighted by molar-refractivity contribution is 0.100. The third-order valence-electron chi connectivity index (χ3n) is 5.49. The Morgan fingerprint density at radius 1 is 0.968 bits per heavy atom. The van der Waals surface area contributed by atoms with Gasteiger partial charge in [-0.25, -0.2) is 4.39 Å². The van der Waals surface area contributed by atoms with Crippen LogP contribution in [-0.2, 0) is 6.54 Å². The Bertz CT molecular complexity index is 1440. The van der Waals surface area contributed by atoms with E-state index >= 15 is 0 Å². The zero-order chi connectivity index (χ0) is 21.5. The number of nitrogens with two attached hydrogens (primary N) is 1. The van der Waals surface area contributed by atoms with E-state index < -0.39 is 5.91 Å². The van der Waals surface area contributed by atoms with Crippen LogP contribution in [-0.4, -0.2) is 10.5 Å². The van der Waals surface area contributed by atoms with E-state index in [4.69, 9.17) is 17.3 Å². The molecular formula is C26H17ClFN2O. The van der Waals surface area contributed by atoms with Gasteiger partial charge in [0.25, 0.3) is 0 Å². The minimum atomic E-state index is -0.485. The van der Waals surface area contributed by atoms with Gasteiger partial charge >= 0.3 is 0 Å². The zero-order valence-electron chi connectivity index (χ0n) is 16.4. The van der Waals surface area contributed by atoms with Crippen molar-refractivity contribution in [2.45, 2.75) is 6.54 Å². The molecule has 1 amide bonds. The van der Waals surface area contributed by atoms with Crippen LogP contribution >= 0.6 is 11.6 Å². The molecule has 0 aliphatic heterocycles. The Balaban J connectivity index is 1.78. The molecule has 4 aromatic carbocycles. The molecule has 1 radical (unpaired) electrons. The van der Waals surface area contributed by atoms with E-state index in [0.29, 0.717) is 17.1 Å². The summed E-state index contributed by atoms with van der Waals surface area (Å²) < 4.78 is 15.5. The first-order valence-corrected chi connectivity index (χ1v) is 10.2. The molecular weight excluding hydrogens is 411 g/mol. The third kappa shape index (κ3) is 3.45. The quantitative estimate of drug-likeness (QED) is 0.364. The summed E-state index contributed by atoms with van der Waals surface area (Å²) in [6.45, 7) is 0.514. The lowest BCUT2D eigenvalue weighted by atomic mass is 10.0. The van der Waals surface area contributed by atoms with Gasteiger partial charge in [-0.1, -0.05) is 41.9 Å². The van der Waals surface area contributed by atoms with Crippen LogP contribution in [0.5, 0.6) is 0 Å². The van der Waals surface area contributed by atoms with Crippen molar-refractivity contribution in [3.05, 3.63) is 107 Å². The third-order valence-corrected chi connectivity index (χ3v) is 5.74. The van der Waals surface area contributed by atoms with E-state index in [1.807, 2.05) is 42.5 Å². The van der Waals surface area contributed by atoms with Gasteiger partial charge in [-0.05, 0) is 71.3 Å². The molecule has 151 valence electrons. The van der Waals surface area contributed by atoms with E-state index in [1.54, 1.807) is 18.2 Å². The van der Waals surface area contributed by atoms with Crippen molar-refractivity contribution in [3.8, 4) is 11.1 Å². The van der Waals surface area contributed by atoms with Gasteiger partial charge in [0.1, 0.15) is 5.82 Å². The van der Waals surface area contributed by atoms with E-state index in [1.165, 1.54) is 12.1 Å². The fourth-order valence-corrected chi connectivity index (χ4v) is 4.14. The topological polar surface area (TPSA) is 48.0 Å². The number of hydrogen-bond acceptors (Lipinski definition) is 1. The molecule has 5 rings (SSSR count). The molecule has 5 aromatic rings. The summed E-state index contributed by atoms with van der Waals surface area (Å²) >= 11 is 6.04. The number of amides is 1. The molecule has 0 atom stereocenters. The first-order valence-electron chi connectivity index (χ1n) is 9.78. The highest BCUT2D eigenvalue weighted by Crippen LogP contribution is 2.35. The standard InChI is InChI=1S/C26H17ClFN2O/c27-19-9-6-17(7-10-19)18-8-13-21-24(14-18)30(15-16-4-11-20(28)12-5-16)23-3-1-2-22(25(21)23)26(29)31/h1-12,14H,15H2,(H2,29,31). The summed E-state index contributed by atoms with van der Waals surface area (Å²) in [5, 5.41) is 2.27. The van der Waals surface area contributed by atoms with Gasteiger partial charge in [0.15, 0.2) is 0 Å². The van der Waals surface area contributed by atoms with Crippen molar-refractivity contribution in [1.82, 2.24) is 4.57 Å². The van der Waals surface area contributed by atoms with Crippen LogP contribution in [0.25, 0.3) is 32.9 Å². The first-order chi connectivity index (χ1) is 15.0. The normalized spacial score (nSPS) is 11.3. The van der Waals surface area contributed by atoms with Crippen LogP contribution in [0.15, 0.2) is 78.9 Å². The fourth-order valence-electron chi connectivity index (χ4n) is 4.01. The number of aromatic nitrogens is 1. The van der Waals surface area contributed by atoms with Gasteiger partial charge in [0, 0.05) is 27.9 Å². The van der Waals surface area contributed by atoms with Crippen molar-refractivity contribution in [1.29, 1.82) is 0 Å². The molecule has 0 bridgehead atoms. The van der Waals surface area contributed by atoms with Crippen LogP contribution < -0.4 is 5.73 Å². The number of nitrogens with zero attached hydrogens (tertiary/aromatic N) is 1. The lowest BCUT2D eigenvalue weighted by Gasteiger charge is -2.09. The Kier molecular flexibility index (Phi) is 4.72. The molecule has 0 aliphatic rings. The Morgan fingerprint density at radius 3 is 2.42 bits per heavy atom. The number of hydrogen-bond donors (Lipinski definition) is 1. The number of fused-ring (bicyclic) bond motifs is 3. The van der Waals surface area contributed by atoms with E-state index in [-0.39, 0.29) is 5.82 Å². The Morgan fingerprint density at radius 2 is 1.71 bits per heavy atom. The Labute approximate surface area is 183 Å². The highest BCUT2D eigenvalue weighted by Gasteiger charge is 2.17. The monoisotopic (exact) mass is 427 g/mol. The van der Waals surface area contributed by atoms with E-state index in [2.05, 4.69) is 16.7 Å². The molecule has 2 N–H and O–H groups in total. The number of carbonyl (C=O) groups is 1. The predicted octanol–water partition coefficient (Wildman–Crippen LogP) is 6.20. The van der Waals surface area contributed by atoms with Crippen LogP contribution in [0.4, 0.5) is 4.39 Å². The number of benzene rings is 4. The van der Waals surface area contributed by atoms with Gasteiger partial charge in [-0.3, -0.25) is 4.79 Å². The first kappa shape index (κ1) is 19.3. The maximum atomic E-state index is 13.4. The maximum absolute atomic E-state index is 13.4. The van der Waals surface area contributed by atoms with Crippen LogP contribution in [0, 0.1) is 11.9 Å². The van der Waals surface area contributed by atoms with Gasteiger partial charge < -0.3 is 10.3 Å². The highest BCUT2D eigenvalue weighted by atomic mass is 35.5. The second kappa shape index (κ2) is 7.56. The second-order valence-corrected chi connectivity index (χ2v) is 7.87. The predicted molar refractivity (Wildman–Crippen MR) is 123 cm³/mol. The number of halogens is 2. The molecule has 0 aliphatic carbocycles. The molecule has 3 nitrogen and oxygen atoms in total. The molecule has 0 saturated heterocycles. The average Bonchev–Trinajstić information content (AvgIpc) is 3.09. The lowest BCUT2D eigenvalue weighted by Crippen LogP contribution is -2.11. The summed E-state index contributed by atoms with van der Waals surface area (Å²) in [5.41, 5.74) is 10.9. The minimum absolute atomic E-state index is 0.277. The maximum Gasteiger partial charge on any atom is 0.249 e. The van der Waals surface area contributed by atoms with E-state index in [0.717, 1.165) is 38.5 Å². The fraction of sp³-hybridized carbons (Fsp3) is 0.0385. The second-order valence-electron chi connectivity index (χ2n) is 7.43. The summed E-state index contributed by atoms with van der Waals surface area (Å²) in [5.74, 6) is -0.762. The molecule has 0 saturated carbocycles. The average molecular weight is 428 g/mol. The van der Waals surface area contributed by atoms with Crippen molar-refractivity contribution in [2.75, 3.05) is 0 Å². The van der Waals surface area contributed by atoms with Crippen molar-refractivity contribution in [3.63, 3.8) is 0 Å². The largest absolute Gasteiger partial charge is 0.366 e. The summed E-state index contributed by atoms with van der Waals surface area (Å²) in [6.07, 6.45) is 0. The van der Waals surface area contributed by atoms with Gasteiger partial charge in [-0.15, -0.1) is 0 Å². The van der Waals surface area contributed by atoms with Crippen molar-refractivity contribution < 1.29 is 9.18 Å². The van der Waals surface area contributed by atoms with Crippen molar-refractivity contribution >= 4 is 39.3 Å². The molecule has 31 heavy (non-hydrogen) atoms. The minimum Gasteiger partial charge on any atom is -0.366 e. The molecule has 5 heteroatoms. The molecule has 0 unspecified atom stereocenters. The van der Waals surface area contributed by atoms with Gasteiger partial charge in [0.05, 0.1) is 11.0 Å². The Hall–Kier alpha value is -3.63. The van der Waals surface area contributed by atoms with Crippen molar-refractivity contribution in [2.24, 2.45) is 5.73 Å². The summed E-state index contributed by atoms with van der Waals surface area (Å²) in [7, 11) is 0. The van der Waals surface area contributed by atoms with Crippen LogP contribution in [0.1, 0.15) is 15.9 Å². The molecule has 1 aromatic heterocycles. The number of primary amides is 1. The summed E-state index contributed by atoms with van der Waals surface area (Å²) in [6, 6.07) is 26.9. The molecule has 1 heterocycles. The molecule has 0 fully saturated rings.